The summed E-state index contributed by atoms with van der Waals surface area (Å²) in [7, 11) is 1.93. The van der Waals surface area contributed by atoms with Gasteiger partial charge in [0.2, 0.25) is 5.91 Å². The molecule has 1 amide bonds. The number of carbonyl (C=O) groups is 1. The van der Waals surface area contributed by atoms with Crippen molar-refractivity contribution in [1.82, 2.24) is 4.90 Å². The van der Waals surface area contributed by atoms with Crippen LogP contribution < -0.4 is 5.73 Å². The van der Waals surface area contributed by atoms with E-state index in [2.05, 4.69) is 6.92 Å². The third kappa shape index (κ3) is 2.27. The maximum Gasteiger partial charge on any atom is 0.235 e. The molecule has 0 aromatic carbocycles. The highest BCUT2D eigenvalue weighted by Crippen LogP contribution is 2.47. The third-order valence-electron chi connectivity index (χ3n) is 4.72. The van der Waals surface area contributed by atoms with Crippen molar-refractivity contribution >= 4 is 23.1 Å². The quantitative estimate of drug-likeness (QED) is 0.800. The van der Waals surface area contributed by atoms with E-state index >= 15 is 0 Å². The van der Waals surface area contributed by atoms with Crippen LogP contribution in [-0.2, 0) is 4.79 Å². The van der Waals surface area contributed by atoms with E-state index in [1.165, 1.54) is 19.3 Å². The van der Waals surface area contributed by atoms with Crippen molar-refractivity contribution in [3.05, 3.63) is 0 Å². The smallest absolute Gasteiger partial charge is 0.235 e. The summed E-state index contributed by atoms with van der Waals surface area (Å²) in [6.07, 6.45) is 7.69. The fourth-order valence-corrected chi connectivity index (χ4v) is 3.84. The van der Waals surface area contributed by atoms with E-state index in [1.807, 2.05) is 11.9 Å². The van der Waals surface area contributed by atoms with Crippen LogP contribution in [0.2, 0.25) is 0 Å². The van der Waals surface area contributed by atoms with Gasteiger partial charge in [-0.25, -0.2) is 0 Å². The lowest BCUT2D eigenvalue weighted by Crippen LogP contribution is -2.58. The van der Waals surface area contributed by atoms with Gasteiger partial charge in [0.25, 0.3) is 0 Å². The Hall–Kier alpha value is -0.640. The van der Waals surface area contributed by atoms with E-state index < -0.39 is 5.41 Å². The number of hydrogen-bond acceptors (Lipinski definition) is 2. The van der Waals surface area contributed by atoms with E-state index in [9.17, 15) is 4.79 Å². The summed E-state index contributed by atoms with van der Waals surface area (Å²) in [5, 5.41) is 0. The van der Waals surface area contributed by atoms with Crippen LogP contribution in [0.3, 0.4) is 0 Å². The van der Waals surface area contributed by atoms with Gasteiger partial charge in [-0.3, -0.25) is 4.79 Å². The van der Waals surface area contributed by atoms with Crippen LogP contribution in [-0.4, -0.2) is 28.9 Å². The largest absolute Gasteiger partial charge is 0.392 e. The second-order valence-electron chi connectivity index (χ2n) is 6.17. The highest BCUT2D eigenvalue weighted by molar-refractivity contribution is 7.80. The van der Waals surface area contributed by atoms with Crippen LogP contribution in [0, 0.1) is 11.3 Å². The zero-order chi connectivity index (χ0) is 13.3. The Morgan fingerprint density at radius 1 is 1.28 bits per heavy atom. The van der Waals surface area contributed by atoms with E-state index in [1.54, 1.807) is 0 Å². The molecule has 0 saturated heterocycles. The average Bonchev–Trinajstić information content (AvgIpc) is 2.33. The summed E-state index contributed by atoms with van der Waals surface area (Å²) >= 11 is 5.16. The number of thiocarbonyl (C=S) groups is 1. The Morgan fingerprint density at radius 3 is 2.28 bits per heavy atom. The first-order chi connectivity index (χ1) is 8.47. The monoisotopic (exact) mass is 268 g/mol. The Kier molecular flexibility index (Phi) is 3.95. The Labute approximate surface area is 115 Å². The number of carbonyl (C=O) groups excluding carboxylic acids is 1. The third-order valence-corrected chi connectivity index (χ3v) is 5.11. The Morgan fingerprint density at radius 2 is 1.83 bits per heavy atom. The molecule has 0 aromatic rings. The molecule has 2 rings (SSSR count). The molecule has 0 atom stereocenters. The van der Waals surface area contributed by atoms with Gasteiger partial charge in [-0.05, 0) is 31.6 Å². The molecular formula is C14H24N2OS. The molecule has 0 unspecified atom stereocenters. The number of nitrogens with zero attached hydrogens (tertiary/aromatic N) is 1. The first-order valence-electron chi connectivity index (χ1n) is 7.04. The van der Waals surface area contributed by atoms with Gasteiger partial charge < -0.3 is 10.6 Å². The minimum absolute atomic E-state index is 0.167. The van der Waals surface area contributed by atoms with Gasteiger partial charge in [-0.2, -0.15) is 0 Å². The number of amides is 1. The van der Waals surface area contributed by atoms with Gasteiger partial charge in [-0.15, -0.1) is 0 Å². The lowest BCUT2D eigenvalue weighted by atomic mass is 9.61. The maximum atomic E-state index is 12.7. The molecule has 2 saturated carbocycles. The summed E-state index contributed by atoms with van der Waals surface area (Å²) in [4.78, 5) is 15.0. The van der Waals surface area contributed by atoms with Crippen LogP contribution in [0.25, 0.3) is 0 Å². The molecule has 0 aromatic heterocycles. The van der Waals surface area contributed by atoms with E-state index in [4.69, 9.17) is 18.0 Å². The first kappa shape index (κ1) is 13.8. The number of rotatable bonds is 3. The van der Waals surface area contributed by atoms with Crippen molar-refractivity contribution in [3.63, 3.8) is 0 Å². The standard InChI is InChI=1S/C14H24N2OS/c1-10-8-14(9-10,12(15)18)13(17)16(2)11-6-4-3-5-7-11/h10-11H,3-9H2,1-2H3,(H2,15,18). The molecule has 2 aliphatic carbocycles. The van der Waals surface area contributed by atoms with Crippen molar-refractivity contribution < 1.29 is 4.79 Å². The normalized spacial score (nSPS) is 32.7. The Bertz CT molecular complexity index is 344. The zero-order valence-corrected chi connectivity index (χ0v) is 12.3. The summed E-state index contributed by atoms with van der Waals surface area (Å²) in [5.41, 5.74) is 5.32. The van der Waals surface area contributed by atoms with Crippen molar-refractivity contribution in [3.8, 4) is 0 Å². The number of nitrogens with two attached hydrogens (primary N) is 1. The van der Waals surface area contributed by atoms with Gasteiger partial charge >= 0.3 is 0 Å². The molecule has 0 spiro atoms. The minimum Gasteiger partial charge on any atom is -0.392 e. The van der Waals surface area contributed by atoms with Crippen molar-refractivity contribution in [2.45, 2.75) is 57.9 Å². The summed E-state index contributed by atoms with van der Waals surface area (Å²) in [6, 6.07) is 0.397. The molecule has 2 N–H and O–H groups in total. The van der Waals surface area contributed by atoms with Crippen LogP contribution in [0.5, 0.6) is 0 Å². The number of hydrogen-bond donors (Lipinski definition) is 1. The molecule has 4 heteroatoms. The minimum atomic E-state index is -0.527. The highest BCUT2D eigenvalue weighted by Gasteiger charge is 2.52. The van der Waals surface area contributed by atoms with Gasteiger partial charge in [0.05, 0.1) is 10.4 Å². The van der Waals surface area contributed by atoms with E-state index in [-0.39, 0.29) is 5.91 Å². The molecule has 0 aliphatic heterocycles. The molecule has 3 nitrogen and oxygen atoms in total. The molecule has 2 aliphatic rings. The fraction of sp³-hybridized carbons (Fsp3) is 0.857. The van der Waals surface area contributed by atoms with E-state index in [0.717, 1.165) is 25.7 Å². The summed E-state index contributed by atoms with van der Waals surface area (Å²) in [6.45, 7) is 2.16. The van der Waals surface area contributed by atoms with Gasteiger partial charge in [0.1, 0.15) is 0 Å². The zero-order valence-electron chi connectivity index (χ0n) is 11.4. The highest BCUT2D eigenvalue weighted by atomic mass is 32.1. The lowest BCUT2D eigenvalue weighted by Gasteiger charge is -2.47. The van der Waals surface area contributed by atoms with Crippen LogP contribution >= 0.6 is 12.2 Å². The van der Waals surface area contributed by atoms with E-state index in [0.29, 0.717) is 16.9 Å². The molecular weight excluding hydrogens is 244 g/mol. The van der Waals surface area contributed by atoms with Gasteiger partial charge in [-0.1, -0.05) is 38.4 Å². The molecule has 0 bridgehead atoms. The topological polar surface area (TPSA) is 46.3 Å². The molecule has 102 valence electrons. The van der Waals surface area contributed by atoms with Crippen LogP contribution in [0.15, 0.2) is 0 Å². The molecule has 0 radical (unpaired) electrons. The summed E-state index contributed by atoms with van der Waals surface area (Å²) in [5.74, 6) is 0.732. The van der Waals surface area contributed by atoms with Crippen molar-refractivity contribution in [2.75, 3.05) is 7.05 Å². The van der Waals surface area contributed by atoms with Crippen molar-refractivity contribution in [1.29, 1.82) is 0 Å². The second-order valence-corrected chi connectivity index (χ2v) is 6.61. The first-order valence-corrected chi connectivity index (χ1v) is 7.45. The predicted octanol–water partition coefficient (Wildman–Crippen LogP) is 2.48. The lowest BCUT2D eigenvalue weighted by molar-refractivity contribution is -0.145. The van der Waals surface area contributed by atoms with Crippen LogP contribution in [0.1, 0.15) is 51.9 Å². The maximum absolute atomic E-state index is 12.7. The molecule has 0 heterocycles. The van der Waals surface area contributed by atoms with Crippen molar-refractivity contribution in [2.24, 2.45) is 17.1 Å². The average molecular weight is 268 g/mol. The predicted molar refractivity (Wildman–Crippen MR) is 77.3 cm³/mol. The second kappa shape index (κ2) is 5.16. The Balaban J connectivity index is 2.07. The van der Waals surface area contributed by atoms with Gasteiger partial charge in [0, 0.05) is 13.1 Å². The molecule has 18 heavy (non-hydrogen) atoms. The molecule has 2 fully saturated rings. The summed E-state index contributed by atoms with van der Waals surface area (Å²) < 4.78 is 0. The van der Waals surface area contributed by atoms with Crippen LogP contribution in [0.4, 0.5) is 0 Å². The van der Waals surface area contributed by atoms with Gasteiger partial charge in [0.15, 0.2) is 0 Å². The fourth-order valence-electron chi connectivity index (χ4n) is 3.58. The SMILES string of the molecule is CC1CC(C(=O)N(C)C2CCCCC2)(C(N)=S)C1.